The summed E-state index contributed by atoms with van der Waals surface area (Å²) < 4.78 is 16.0. The highest BCUT2D eigenvalue weighted by molar-refractivity contribution is 6.00. The van der Waals surface area contributed by atoms with E-state index in [9.17, 15) is 9.18 Å². The molecule has 0 spiro atoms. The average molecular weight is 408 g/mol. The fourth-order valence-corrected chi connectivity index (χ4v) is 4.55. The summed E-state index contributed by atoms with van der Waals surface area (Å²) in [6, 6.07) is 4.93. The molecular weight excluding hydrogens is 383 g/mol. The predicted molar refractivity (Wildman–Crippen MR) is 111 cm³/mol. The van der Waals surface area contributed by atoms with E-state index in [1.165, 1.54) is 6.07 Å². The van der Waals surface area contributed by atoms with Gasteiger partial charge in [0.15, 0.2) is 5.65 Å². The van der Waals surface area contributed by atoms with Crippen LogP contribution < -0.4 is 10.2 Å². The molecule has 3 aromatic rings. The van der Waals surface area contributed by atoms with Gasteiger partial charge >= 0.3 is 0 Å². The highest BCUT2D eigenvalue weighted by atomic mass is 19.1. The van der Waals surface area contributed by atoms with E-state index in [1.807, 2.05) is 26.1 Å². The van der Waals surface area contributed by atoms with E-state index < -0.39 is 5.54 Å². The van der Waals surface area contributed by atoms with Gasteiger partial charge in [-0.2, -0.15) is 5.10 Å². The molecule has 4 bridgehead atoms. The summed E-state index contributed by atoms with van der Waals surface area (Å²) in [5.41, 5.74) is 2.07. The van der Waals surface area contributed by atoms with Gasteiger partial charge in [0.25, 0.3) is 5.91 Å². The van der Waals surface area contributed by atoms with E-state index in [0.717, 1.165) is 49.4 Å². The van der Waals surface area contributed by atoms with Crippen molar-refractivity contribution in [3.63, 3.8) is 0 Å². The minimum atomic E-state index is -0.417. The van der Waals surface area contributed by atoms with E-state index in [-0.39, 0.29) is 17.8 Å². The Morgan fingerprint density at radius 1 is 1.23 bits per heavy atom. The van der Waals surface area contributed by atoms with Crippen molar-refractivity contribution in [1.82, 2.24) is 24.9 Å². The number of hydrogen-bond donors (Lipinski definition) is 1. The molecule has 5 rings (SSSR count). The van der Waals surface area contributed by atoms with Crippen LogP contribution in [0, 0.1) is 5.82 Å². The van der Waals surface area contributed by atoms with Crippen LogP contribution in [0.1, 0.15) is 67.3 Å². The summed E-state index contributed by atoms with van der Waals surface area (Å²) in [7, 11) is 0. The van der Waals surface area contributed by atoms with Crippen molar-refractivity contribution < 1.29 is 9.18 Å². The molecule has 0 unspecified atom stereocenters. The zero-order valence-electron chi connectivity index (χ0n) is 17.2. The van der Waals surface area contributed by atoms with Gasteiger partial charge in [-0.15, -0.1) is 0 Å². The van der Waals surface area contributed by atoms with Crippen molar-refractivity contribution in [2.45, 2.75) is 57.5 Å². The first-order valence-electron chi connectivity index (χ1n) is 10.5. The molecule has 8 heteroatoms. The maximum Gasteiger partial charge on any atom is 0.257 e. The predicted octanol–water partition coefficient (Wildman–Crippen LogP) is 3.45. The second-order valence-corrected chi connectivity index (χ2v) is 8.86. The third-order valence-electron chi connectivity index (χ3n) is 6.04. The molecule has 3 aromatic heterocycles. The van der Waals surface area contributed by atoms with Crippen LogP contribution in [0.3, 0.4) is 0 Å². The smallest absolute Gasteiger partial charge is 0.257 e. The van der Waals surface area contributed by atoms with Gasteiger partial charge in [0.05, 0.1) is 17.9 Å². The van der Waals surface area contributed by atoms with Gasteiger partial charge in [-0.3, -0.25) is 9.78 Å². The molecule has 0 saturated carbocycles. The van der Waals surface area contributed by atoms with Crippen LogP contribution in [-0.2, 0) is 6.42 Å². The number of aromatic nitrogens is 4. The Morgan fingerprint density at radius 3 is 2.97 bits per heavy atom. The summed E-state index contributed by atoms with van der Waals surface area (Å²) in [6.45, 7) is 4.80. The highest BCUT2D eigenvalue weighted by Crippen LogP contribution is 2.35. The Labute approximate surface area is 174 Å². The largest absolute Gasteiger partial charge is 0.348 e. The van der Waals surface area contributed by atoms with E-state index in [2.05, 4.69) is 15.3 Å². The van der Waals surface area contributed by atoms with Gasteiger partial charge in [-0.05, 0) is 64.2 Å². The first-order chi connectivity index (χ1) is 14.4. The molecule has 2 aliphatic rings. The summed E-state index contributed by atoms with van der Waals surface area (Å²) in [5, 5.41) is 7.40. The molecule has 7 nitrogen and oxygen atoms in total. The first kappa shape index (κ1) is 19.0. The van der Waals surface area contributed by atoms with E-state index >= 15 is 0 Å². The van der Waals surface area contributed by atoms with Crippen LogP contribution in [0.5, 0.6) is 0 Å². The quantitative estimate of drug-likeness (QED) is 0.617. The van der Waals surface area contributed by atoms with Crippen molar-refractivity contribution in [2.24, 2.45) is 0 Å². The summed E-state index contributed by atoms with van der Waals surface area (Å²) in [4.78, 5) is 24.7. The highest BCUT2D eigenvalue weighted by Gasteiger charge is 2.30. The van der Waals surface area contributed by atoms with Crippen LogP contribution in [-0.4, -0.2) is 37.6 Å². The summed E-state index contributed by atoms with van der Waals surface area (Å²) >= 11 is 0. The molecular formula is C22H25FN6O. The zero-order chi connectivity index (χ0) is 20.9. The molecule has 156 valence electrons. The lowest BCUT2D eigenvalue weighted by atomic mass is 9.96. The van der Waals surface area contributed by atoms with Gasteiger partial charge in [0, 0.05) is 24.0 Å². The maximum absolute atomic E-state index is 14.4. The number of fused-ring (bicyclic) bond motifs is 6. The topological polar surface area (TPSA) is 75.4 Å². The number of amides is 1. The summed E-state index contributed by atoms with van der Waals surface area (Å²) in [5.74, 6) is 0.318. The van der Waals surface area contributed by atoms with Crippen molar-refractivity contribution in [3.05, 3.63) is 53.4 Å². The number of nitrogens with zero attached hydrogens (tertiary/aromatic N) is 5. The Kier molecular flexibility index (Phi) is 4.45. The van der Waals surface area contributed by atoms with Crippen molar-refractivity contribution in [3.8, 4) is 0 Å². The number of nitrogens with one attached hydrogen (secondary N) is 1. The lowest BCUT2D eigenvalue weighted by Crippen LogP contribution is -2.43. The molecule has 1 N–H and O–H groups in total. The Bertz CT molecular complexity index is 1120. The standard InChI is InChI=1S/C22H25FN6O/c1-22(2)8-3-5-15-11-14(23)12-17(25-15)18-6-4-9-28(18)19-7-10-29-20(26-19)16(13-24-29)21(30)27-22/h7,10-13,18H,3-6,8-9H2,1-2H3,(H,27,30)/t18-/m1/s1. The number of carbonyl (C=O) groups is 1. The van der Waals surface area contributed by atoms with Crippen molar-refractivity contribution >= 4 is 17.4 Å². The Morgan fingerprint density at radius 2 is 2.10 bits per heavy atom. The monoisotopic (exact) mass is 408 g/mol. The second kappa shape index (κ2) is 7.04. The minimum absolute atomic E-state index is 0.0313. The lowest BCUT2D eigenvalue weighted by Gasteiger charge is -2.26. The minimum Gasteiger partial charge on any atom is -0.348 e. The summed E-state index contributed by atoms with van der Waals surface area (Å²) in [6.07, 6.45) is 7.47. The molecule has 0 aliphatic carbocycles. The van der Waals surface area contributed by atoms with E-state index in [1.54, 1.807) is 16.8 Å². The SMILES string of the molecule is CC1(C)CCCc2cc(F)cc(n2)[C@H]2CCCN2c2ccn3ncc(c3n2)C(=O)N1. The second-order valence-electron chi connectivity index (χ2n) is 8.86. The fourth-order valence-electron chi connectivity index (χ4n) is 4.55. The normalized spacial score (nSPS) is 21.2. The van der Waals surface area contributed by atoms with Crippen molar-refractivity contribution in [2.75, 3.05) is 11.4 Å². The molecule has 2 aliphatic heterocycles. The molecule has 1 atom stereocenters. The number of aryl methyl sites for hydroxylation is 1. The molecule has 1 amide bonds. The lowest BCUT2D eigenvalue weighted by molar-refractivity contribution is 0.0910. The molecule has 30 heavy (non-hydrogen) atoms. The third kappa shape index (κ3) is 3.40. The number of pyridine rings is 1. The molecule has 5 heterocycles. The van der Waals surface area contributed by atoms with Gasteiger partial charge in [-0.1, -0.05) is 0 Å². The number of carbonyl (C=O) groups excluding carboxylic acids is 1. The van der Waals surface area contributed by atoms with Crippen LogP contribution >= 0.6 is 0 Å². The first-order valence-corrected chi connectivity index (χ1v) is 10.5. The Balaban J connectivity index is 1.65. The number of anilines is 1. The van der Waals surface area contributed by atoms with Crippen molar-refractivity contribution in [1.29, 1.82) is 0 Å². The molecule has 0 radical (unpaired) electrons. The third-order valence-corrected chi connectivity index (χ3v) is 6.04. The molecule has 1 saturated heterocycles. The average Bonchev–Trinajstić information content (AvgIpc) is 3.33. The fraction of sp³-hybridized carbons (Fsp3) is 0.455. The van der Waals surface area contributed by atoms with Crippen LogP contribution in [0.2, 0.25) is 0 Å². The van der Waals surface area contributed by atoms with E-state index in [4.69, 9.17) is 9.97 Å². The Hall–Kier alpha value is -3.03. The van der Waals surface area contributed by atoms with Gasteiger partial charge in [0.2, 0.25) is 0 Å². The van der Waals surface area contributed by atoms with Crippen LogP contribution in [0.25, 0.3) is 5.65 Å². The van der Waals surface area contributed by atoms with Gasteiger partial charge in [0.1, 0.15) is 17.2 Å². The van der Waals surface area contributed by atoms with Crippen LogP contribution in [0.4, 0.5) is 10.2 Å². The van der Waals surface area contributed by atoms with Gasteiger partial charge in [-0.25, -0.2) is 13.9 Å². The molecule has 0 aromatic carbocycles. The number of hydrogen-bond acceptors (Lipinski definition) is 5. The maximum atomic E-state index is 14.4. The number of halogens is 1. The van der Waals surface area contributed by atoms with Gasteiger partial charge < -0.3 is 10.2 Å². The molecule has 1 fully saturated rings. The van der Waals surface area contributed by atoms with E-state index in [0.29, 0.717) is 17.6 Å². The zero-order valence-corrected chi connectivity index (χ0v) is 17.2. The van der Waals surface area contributed by atoms with Crippen LogP contribution in [0.15, 0.2) is 30.6 Å². The number of rotatable bonds is 0.